The van der Waals surface area contributed by atoms with Gasteiger partial charge < -0.3 is 14.6 Å². The van der Waals surface area contributed by atoms with Crippen molar-refractivity contribution in [3.8, 4) is 11.8 Å². The van der Waals surface area contributed by atoms with Crippen LogP contribution in [0.4, 0.5) is 0 Å². The highest BCUT2D eigenvalue weighted by molar-refractivity contribution is 5.37. The molecule has 0 saturated carbocycles. The van der Waals surface area contributed by atoms with Crippen molar-refractivity contribution in [1.82, 2.24) is 0 Å². The third-order valence-corrected chi connectivity index (χ3v) is 1.91. The number of rotatable bonds is 5. The minimum absolute atomic E-state index is 0.104. The highest BCUT2D eigenvalue weighted by atomic mass is 16.5. The molecule has 0 saturated heterocycles. The minimum atomic E-state index is -0.701. The number of ether oxygens (including phenoxy) is 2. The van der Waals surface area contributed by atoms with Crippen molar-refractivity contribution in [3.05, 3.63) is 29.8 Å². The molecule has 0 aliphatic heterocycles. The summed E-state index contributed by atoms with van der Waals surface area (Å²) < 4.78 is 10.3. The first kappa shape index (κ1) is 11.5. The Hall–Kier alpha value is -1.57. The van der Waals surface area contributed by atoms with Crippen LogP contribution in [-0.4, -0.2) is 25.4 Å². The number of aliphatic hydroxyl groups excluding tert-OH is 1. The summed E-state index contributed by atoms with van der Waals surface area (Å²) in [6.45, 7) is 0.0314. The first-order valence-corrected chi connectivity index (χ1v) is 4.58. The molecule has 1 aromatic rings. The van der Waals surface area contributed by atoms with Gasteiger partial charge in [-0.25, -0.2) is 0 Å². The van der Waals surface area contributed by atoms with Gasteiger partial charge in [-0.15, -0.1) is 0 Å². The molecule has 1 aromatic carbocycles. The first-order valence-electron chi connectivity index (χ1n) is 4.58. The summed E-state index contributed by atoms with van der Waals surface area (Å²) in [6, 6.07) is 9.18. The van der Waals surface area contributed by atoms with Gasteiger partial charge in [0.2, 0.25) is 0 Å². The fourth-order valence-electron chi connectivity index (χ4n) is 1.25. The van der Waals surface area contributed by atoms with Crippen molar-refractivity contribution in [1.29, 1.82) is 5.26 Å². The summed E-state index contributed by atoms with van der Waals surface area (Å²) in [4.78, 5) is 0. The van der Waals surface area contributed by atoms with Gasteiger partial charge in [0, 0.05) is 5.56 Å². The quantitative estimate of drug-likeness (QED) is 0.789. The van der Waals surface area contributed by atoms with Crippen molar-refractivity contribution in [2.24, 2.45) is 0 Å². The van der Waals surface area contributed by atoms with Gasteiger partial charge in [-0.05, 0) is 6.07 Å². The molecule has 1 atom stereocenters. The van der Waals surface area contributed by atoms with Crippen molar-refractivity contribution in [2.75, 3.05) is 20.3 Å². The smallest absolute Gasteiger partial charge is 0.172 e. The number of methoxy groups -OCH3 is 1. The van der Waals surface area contributed by atoms with Crippen LogP contribution in [0, 0.1) is 11.3 Å². The largest absolute Gasteiger partial charge is 0.496 e. The molecule has 1 unspecified atom stereocenters. The maximum atomic E-state index is 8.91. The second-order valence-corrected chi connectivity index (χ2v) is 2.85. The first-order chi connectivity index (χ1) is 7.33. The van der Waals surface area contributed by atoms with Crippen LogP contribution < -0.4 is 4.74 Å². The molecule has 1 N–H and O–H groups in total. The molecule has 4 heteroatoms. The molecule has 0 amide bonds. The predicted octanol–water partition coefficient (Wildman–Crippen LogP) is 1.27. The molecule has 0 bridgehead atoms. The maximum Gasteiger partial charge on any atom is 0.172 e. The summed E-state index contributed by atoms with van der Waals surface area (Å²) in [5.41, 5.74) is 0.677. The Morgan fingerprint density at radius 1 is 1.47 bits per heavy atom. The standard InChI is InChI=1S/C11H13NO3/c1-14-10-5-3-2-4-9(10)11(8-12)15-7-6-13/h2-5,11,13H,6-7H2,1H3. The van der Waals surface area contributed by atoms with Crippen molar-refractivity contribution < 1.29 is 14.6 Å². The number of hydrogen-bond donors (Lipinski definition) is 1. The third kappa shape index (κ3) is 2.94. The van der Waals surface area contributed by atoms with E-state index in [0.717, 1.165) is 0 Å². The lowest BCUT2D eigenvalue weighted by atomic mass is 10.1. The fourth-order valence-corrected chi connectivity index (χ4v) is 1.25. The average molecular weight is 207 g/mol. The molecule has 15 heavy (non-hydrogen) atoms. The van der Waals surface area contributed by atoms with E-state index in [0.29, 0.717) is 11.3 Å². The molecule has 0 spiro atoms. The summed E-state index contributed by atoms with van der Waals surface area (Å²) in [6.07, 6.45) is -0.701. The zero-order chi connectivity index (χ0) is 11.1. The molecule has 1 rings (SSSR count). The fraction of sp³-hybridized carbons (Fsp3) is 0.364. The SMILES string of the molecule is COc1ccccc1C(C#N)OCCO. The topological polar surface area (TPSA) is 62.5 Å². The van der Waals surface area contributed by atoms with Gasteiger partial charge in [0.05, 0.1) is 26.4 Å². The Balaban J connectivity index is 2.86. The molecule has 0 aromatic heterocycles. The second-order valence-electron chi connectivity index (χ2n) is 2.85. The molecule has 0 radical (unpaired) electrons. The van der Waals surface area contributed by atoms with Crippen molar-refractivity contribution >= 4 is 0 Å². The predicted molar refractivity (Wildman–Crippen MR) is 54.4 cm³/mol. The number of nitrogens with zero attached hydrogens (tertiary/aromatic N) is 1. The van der Waals surface area contributed by atoms with Crippen LogP contribution in [0.25, 0.3) is 0 Å². The number of aliphatic hydroxyl groups is 1. The molecule has 80 valence electrons. The van der Waals surface area contributed by atoms with E-state index >= 15 is 0 Å². The van der Waals surface area contributed by atoms with Crippen LogP contribution in [0.1, 0.15) is 11.7 Å². The van der Waals surface area contributed by atoms with E-state index in [1.807, 2.05) is 18.2 Å². The van der Waals surface area contributed by atoms with Crippen LogP contribution >= 0.6 is 0 Å². The van der Waals surface area contributed by atoms with Crippen molar-refractivity contribution in [2.45, 2.75) is 6.10 Å². The number of para-hydroxylation sites is 1. The van der Waals surface area contributed by atoms with Crippen LogP contribution in [-0.2, 0) is 4.74 Å². The van der Waals surface area contributed by atoms with E-state index < -0.39 is 6.10 Å². The number of benzene rings is 1. The van der Waals surface area contributed by atoms with E-state index in [-0.39, 0.29) is 13.2 Å². The molecular formula is C11H13NO3. The van der Waals surface area contributed by atoms with Crippen LogP contribution in [0.15, 0.2) is 24.3 Å². The molecule has 4 nitrogen and oxygen atoms in total. The van der Waals surface area contributed by atoms with Gasteiger partial charge in [-0.2, -0.15) is 5.26 Å². The van der Waals surface area contributed by atoms with E-state index in [1.54, 1.807) is 19.2 Å². The minimum Gasteiger partial charge on any atom is -0.496 e. The Morgan fingerprint density at radius 2 is 2.20 bits per heavy atom. The van der Waals surface area contributed by atoms with Crippen LogP contribution in [0.2, 0.25) is 0 Å². The highest BCUT2D eigenvalue weighted by Crippen LogP contribution is 2.26. The average Bonchev–Trinajstić information content (AvgIpc) is 2.30. The molecule has 0 aliphatic carbocycles. The Kier molecular flexibility index (Phi) is 4.61. The molecule has 0 aliphatic rings. The molecule has 0 fully saturated rings. The van der Waals surface area contributed by atoms with Gasteiger partial charge in [-0.1, -0.05) is 18.2 Å². The lowest BCUT2D eigenvalue weighted by Gasteiger charge is -2.13. The van der Waals surface area contributed by atoms with Crippen LogP contribution in [0.5, 0.6) is 5.75 Å². The Bertz CT molecular complexity index is 346. The Labute approximate surface area is 88.7 Å². The summed E-state index contributed by atoms with van der Waals surface area (Å²) in [5, 5.41) is 17.5. The molecular weight excluding hydrogens is 194 g/mol. The summed E-state index contributed by atoms with van der Waals surface area (Å²) in [7, 11) is 1.54. The van der Waals surface area contributed by atoms with Gasteiger partial charge in [0.25, 0.3) is 0 Å². The summed E-state index contributed by atoms with van der Waals surface area (Å²) >= 11 is 0. The zero-order valence-corrected chi connectivity index (χ0v) is 8.51. The second kappa shape index (κ2) is 6.02. The number of nitriles is 1. The molecule has 0 heterocycles. The number of hydrogen-bond acceptors (Lipinski definition) is 4. The maximum absolute atomic E-state index is 8.91. The van der Waals surface area contributed by atoms with Gasteiger partial charge in [-0.3, -0.25) is 0 Å². The van der Waals surface area contributed by atoms with Gasteiger partial charge in [0.15, 0.2) is 6.10 Å². The monoisotopic (exact) mass is 207 g/mol. The van der Waals surface area contributed by atoms with Gasteiger partial charge >= 0.3 is 0 Å². The lowest BCUT2D eigenvalue weighted by Crippen LogP contribution is -2.07. The normalized spacial score (nSPS) is 11.8. The van der Waals surface area contributed by atoms with E-state index in [2.05, 4.69) is 0 Å². The van der Waals surface area contributed by atoms with E-state index in [1.165, 1.54) is 0 Å². The van der Waals surface area contributed by atoms with E-state index in [4.69, 9.17) is 19.8 Å². The van der Waals surface area contributed by atoms with Crippen LogP contribution in [0.3, 0.4) is 0 Å². The van der Waals surface area contributed by atoms with Crippen molar-refractivity contribution in [3.63, 3.8) is 0 Å². The summed E-state index contributed by atoms with van der Waals surface area (Å²) in [5.74, 6) is 0.613. The van der Waals surface area contributed by atoms with E-state index in [9.17, 15) is 0 Å². The zero-order valence-electron chi connectivity index (χ0n) is 8.51. The Morgan fingerprint density at radius 3 is 2.80 bits per heavy atom. The third-order valence-electron chi connectivity index (χ3n) is 1.91. The lowest BCUT2D eigenvalue weighted by molar-refractivity contribution is 0.0569. The highest BCUT2D eigenvalue weighted by Gasteiger charge is 2.14. The van der Waals surface area contributed by atoms with Gasteiger partial charge in [0.1, 0.15) is 5.75 Å².